The Balaban J connectivity index is 1.94. The normalized spacial score (nSPS) is 12.3. The van der Waals surface area contributed by atoms with Crippen molar-refractivity contribution in [3.63, 3.8) is 0 Å². The lowest BCUT2D eigenvalue weighted by Gasteiger charge is -2.18. The minimum atomic E-state index is -0.375. The van der Waals surface area contributed by atoms with Gasteiger partial charge in [-0.05, 0) is 23.8 Å². The molecule has 0 aromatic heterocycles. The van der Waals surface area contributed by atoms with Gasteiger partial charge in [0.1, 0.15) is 5.82 Å². The van der Waals surface area contributed by atoms with Gasteiger partial charge in [-0.15, -0.1) is 0 Å². The molecule has 0 heterocycles. The van der Waals surface area contributed by atoms with E-state index in [0.29, 0.717) is 23.6 Å². The zero-order chi connectivity index (χ0) is 18.1. The van der Waals surface area contributed by atoms with Gasteiger partial charge < -0.3 is 15.7 Å². The van der Waals surface area contributed by atoms with Crippen LogP contribution in [-0.4, -0.2) is 31.3 Å². The van der Waals surface area contributed by atoms with Crippen molar-refractivity contribution in [3.8, 4) is 6.07 Å². The molecular formula is C19H21FN4O. The van der Waals surface area contributed by atoms with E-state index in [1.54, 1.807) is 7.05 Å². The third-order valence-electron chi connectivity index (χ3n) is 3.85. The molecule has 6 heteroatoms. The number of rotatable bonds is 6. The van der Waals surface area contributed by atoms with Gasteiger partial charge in [0.15, 0.2) is 5.96 Å². The topological polar surface area (TPSA) is 80.4 Å². The summed E-state index contributed by atoms with van der Waals surface area (Å²) in [6.45, 7) is 0.698. The van der Waals surface area contributed by atoms with Crippen LogP contribution in [0.4, 0.5) is 4.39 Å². The number of aliphatic imine (C=N–C) groups is 1. The number of hydrogen-bond acceptors (Lipinski definition) is 3. The van der Waals surface area contributed by atoms with E-state index in [0.717, 1.165) is 5.56 Å². The van der Waals surface area contributed by atoms with Crippen LogP contribution in [0.3, 0.4) is 0 Å². The van der Waals surface area contributed by atoms with E-state index in [1.807, 2.05) is 36.4 Å². The second-order valence-electron chi connectivity index (χ2n) is 5.51. The first-order valence-corrected chi connectivity index (χ1v) is 7.96. The van der Waals surface area contributed by atoms with Crippen molar-refractivity contribution in [3.05, 3.63) is 71.0 Å². The predicted octanol–water partition coefficient (Wildman–Crippen LogP) is 2.14. The highest BCUT2D eigenvalue weighted by Gasteiger charge is 2.11. The van der Waals surface area contributed by atoms with Gasteiger partial charge in [-0.3, -0.25) is 4.99 Å². The largest absolute Gasteiger partial charge is 0.396 e. The van der Waals surface area contributed by atoms with Gasteiger partial charge in [-0.1, -0.05) is 30.3 Å². The molecule has 2 rings (SSSR count). The number of benzene rings is 2. The minimum Gasteiger partial charge on any atom is -0.396 e. The molecule has 0 bridgehead atoms. The molecule has 2 aromatic carbocycles. The Morgan fingerprint density at radius 3 is 2.64 bits per heavy atom. The number of aliphatic hydroxyl groups is 1. The summed E-state index contributed by atoms with van der Waals surface area (Å²) < 4.78 is 13.8. The first-order chi connectivity index (χ1) is 12.2. The van der Waals surface area contributed by atoms with Crippen molar-refractivity contribution in [1.29, 1.82) is 5.26 Å². The maximum absolute atomic E-state index is 13.8. The lowest BCUT2D eigenvalue weighted by molar-refractivity contribution is 0.265. The summed E-state index contributed by atoms with van der Waals surface area (Å²) in [6.07, 6.45) is 0. The number of hydrogen-bond donors (Lipinski definition) is 3. The number of halogens is 1. The summed E-state index contributed by atoms with van der Waals surface area (Å²) in [5.74, 6) is 0.0500. The number of nitrogens with one attached hydrogen (secondary N) is 2. The standard InChI is InChI=1S/C19H21FN4O/c1-22-19(23-11-16-9-14(10-21)7-8-18(16)20)24-12-17(13-25)15-5-3-2-4-6-15/h2-9,17,25H,11-13H2,1H3,(H2,22,23,24). The second-order valence-corrected chi connectivity index (χ2v) is 5.51. The van der Waals surface area contributed by atoms with Crippen LogP contribution in [0, 0.1) is 17.1 Å². The third-order valence-corrected chi connectivity index (χ3v) is 3.85. The summed E-state index contributed by atoms with van der Waals surface area (Å²) in [5.41, 5.74) is 1.83. The molecule has 1 atom stereocenters. The SMILES string of the molecule is CN=C(NCc1cc(C#N)ccc1F)NCC(CO)c1ccccc1. The van der Waals surface area contributed by atoms with Crippen LogP contribution in [0.15, 0.2) is 53.5 Å². The van der Waals surface area contributed by atoms with Crippen molar-refractivity contribution in [2.45, 2.75) is 12.5 Å². The van der Waals surface area contributed by atoms with Crippen LogP contribution in [0.1, 0.15) is 22.6 Å². The zero-order valence-corrected chi connectivity index (χ0v) is 14.0. The van der Waals surface area contributed by atoms with E-state index in [9.17, 15) is 9.50 Å². The Morgan fingerprint density at radius 2 is 2.00 bits per heavy atom. The number of nitrogens with zero attached hydrogens (tertiary/aromatic N) is 2. The van der Waals surface area contributed by atoms with Crippen LogP contribution >= 0.6 is 0 Å². The maximum atomic E-state index is 13.8. The van der Waals surface area contributed by atoms with Gasteiger partial charge in [0.25, 0.3) is 0 Å². The molecule has 25 heavy (non-hydrogen) atoms. The summed E-state index contributed by atoms with van der Waals surface area (Å²) in [4.78, 5) is 4.10. The lowest BCUT2D eigenvalue weighted by atomic mass is 10.0. The third kappa shape index (κ3) is 5.30. The molecule has 0 radical (unpaired) electrons. The summed E-state index contributed by atoms with van der Waals surface area (Å²) >= 11 is 0. The molecule has 0 saturated heterocycles. The van der Waals surface area contributed by atoms with Gasteiger partial charge in [0, 0.05) is 31.6 Å². The molecule has 1 unspecified atom stereocenters. The number of aliphatic hydroxyl groups excluding tert-OH is 1. The Morgan fingerprint density at radius 1 is 1.24 bits per heavy atom. The van der Waals surface area contributed by atoms with E-state index < -0.39 is 0 Å². The van der Waals surface area contributed by atoms with Crippen LogP contribution in [-0.2, 0) is 6.54 Å². The predicted molar refractivity (Wildman–Crippen MR) is 95.6 cm³/mol. The molecule has 3 N–H and O–H groups in total. The van der Waals surface area contributed by atoms with E-state index in [2.05, 4.69) is 15.6 Å². The molecule has 2 aromatic rings. The smallest absolute Gasteiger partial charge is 0.191 e. The van der Waals surface area contributed by atoms with Crippen LogP contribution < -0.4 is 10.6 Å². The van der Waals surface area contributed by atoms with Crippen LogP contribution in [0.5, 0.6) is 0 Å². The average Bonchev–Trinajstić information content (AvgIpc) is 2.66. The van der Waals surface area contributed by atoms with Gasteiger partial charge in [-0.25, -0.2) is 4.39 Å². The van der Waals surface area contributed by atoms with Crippen LogP contribution in [0.25, 0.3) is 0 Å². The highest BCUT2D eigenvalue weighted by molar-refractivity contribution is 5.79. The Bertz CT molecular complexity index is 756. The summed E-state index contributed by atoms with van der Waals surface area (Å²) in [7, 11) is 1.62. The van der Waals surface area contributed by atoms with Crippen molar-refractivity contribution in [2.75, 3.05) is 20.2 Å². The first kappa shape index (κ1) is 18.4. The molecule has 0 aliphatic rings. The van der Waals surface area contributed by atoms with Crippen molar-refractivity contribution in [2.24, 2.45) is 4.99 Å². The highest BCUT2D eigenvalue weighted by atomic mass is 19.1. The van der Waals surface area contributed by atoms with Gasteiger partial charge in [0.05, 0.1) is 18.2 Å². The number of nitriles is 1. The van der Waals surface area contributed by atoms with E-state index in [1.165, 1.54) is 18.2 Å². The first-order valence-electron chi connectivity index (χ1n) is 7.96. The quantitative estimate of drug-likeness (QED) is 0.556. The Labute approximate surface area is 146 Å². The fourth-order valence-corrected chi connectivity index (χ4v) is 2.41. The molecule has 5 nitrogen and oxygen atoms in total. The monoisotopic (exact) mass is 340 g/mol. The fourth-order valence-electron chi connectivity index (χ4n) is 2.41. The molecule has 0 aliphatic carbocycles. The molecular weight excluding hydrogens is 319 g/mol. The maximum Gasteiger partial charge on any atom is 0.191 e. The van der Waals surface area contributed by atoms with Crippen molar-refractivity contribution in [1.82, 2.24) is 10.6 Å². The lowest BCUT2D eigenvalue weighted by Crippen LogP contribution is -2.39. The Hall–Kier alpha value is -2.91. The van der Waals surface area contributed by atoms with E-state index in [4.69, 9.17) is 5.26 Å². The molecule has 0 fully saturated rings. The van der Waals surface area contributed by atoms with Crippen molar-refractivity contribution < 1.29 is 9.50 Å². The number of guanidine groups is 1. The van der Waals surface area contributed by atoms with Gasteiger partial charge >= 0.3 is 0 Å². The molecule has 0 amide bonds. The molecule has 0 aliphatic heterocycles. The molecule has 0 spiro atoms. The molecule has 0 saturated carbocycles. The second kappa shape index (κ2) is 9.40. The van der Waals surface area contributed by atoms with Gasteiger partial charge in [-0.2, -0.15) is 5.26 Å². The average molecular weight is 340 g/mol. The summed E-state index contributed by atoms with van der Waals surface area (Å²) in [6, 6.07) is 15.9. The van der Waals surface area contributed by atoms with Gasteiger partial charge in [0.2, 0.25) is 0 Å². The molecule has 130 valence electrons. The minimum absolute atomic E-state index is 0.00680. The Kier molecular flexibility index (Phi) is 6.93. The van der Waals surface area contributed by atoms with Crippen LogP contribution in [0.2, 0.25) is 0 Å². The zero-order valence-electron chi connectivity index (χ0n) is 14.0. The highest BCUT2D eigenvalue weighted by Crippen LogP contribution is 2.13. The van der Waals surface area contributed by atoms with Crippen molar-refractivity contribution >= 4 is 5.96 Å². The van der Waals surface area contributed by atoms with E-state index in [-0.39, 0.29) is 24.9 Å². The van der Waals surface area contributed by atoms with E-state index >= 15 is 0 Å². The summed E-state index contributed by atoms with van der Waals surface area (Å²) in [5, 5.41) is 24.6. The fraction of sp³-hybridized carbons (Fsp3) is 0.263.